The van der Waals surface area contributed by atoms with Gasteiger partial charge in [0.25, 0.3) is 0 Å². The third-order valence-electron chi connectivity index (χ3n) is 2.86. The van der Waals surface area contributed by atoms with Crippen molar-refractivity contribution in [1.29, 1.82) is 0 Å². The van der Waals surface area contributed by atoms with Crippen molar-refractivity contribution in [3.63, 3.8) is 0 Å². The van der Waals surface area contributed by atoms with Crippen LogP contribution in [0.5, 0.6) is 0 Å². The molecular weight excluding hydrogens is 250 g/mol. The lowest BCUT2D eigenvalue weighted by Crippen LogP contribution is -2.21. The van der Waals surface area contributed by atoms with E-state index in [0.717, 1.165) is 5.33 Å². The summed E-state index contributed by atoms with van der Waals surface area (Å²) in [4.78, 5) is 2.41. The van der Waals surface area contributed by atoms with Crippen molar-refractivity contribution in [3.05, 3.63) is 0 Å². The van der Waals surface area contributed by atoms with Crippen LogP contribution in [-0.2, 0) is 0 Å². The molecule has 0 unspecified atom stereocenters. The van der Waals surface area contributed by atoms with E-state index >= 15 is 0 Å². The second-order valence-electron chi connectivity index (χ2n) is 4.47. The van der Waals surface area contributed by atoms with Crippen LogP contribution in [0.25, 0.3) is 0 Å². The van der Waals surface area contributed by atoms with Gasteiger partial charge in [-0.05, 0) is 20.0 Å². The molecule has 0 N–H and O–H groups in total. The first-order chi connectivity index (χ1) is 7.31. The third-order valence-corrected chi connectivity index (χ3v) is 3.21. The molecule has 0 aromatic heterocycles. The van der Waals surface area contributed by atoms with Gasteiger partial charge in [-0.15, -0.1) is 0 Å². The molecule has 0 atom stereocenters. The summed E-state index contributed by atoms with van der Waals surface area (Å²) in [6, 6.07) is 0. The van der Waals surface area contributed by atoms with Gasteiger partial charge in [0.1, 0.15) is 0 Å². The van der Waals surface area contributed by atoms with Crippen LogP contribution in [0, 0.1) is 0 Å². The molecule has 0 heterocycles. The fourth-order valence-corrected chi connectivity index (χ4v) is 2.38. The summed E-state index contributed by atoms with van der Waals surface area (Å²) in [5.74, 6) is 0. The summed E-state index contributed by atoms with van der Waals surface area (Å²) in [6.07, 6.45) is 11.3. The van der Waals surface area contributed by atoms with E-state index in [0.29, 0.717) is 0 Å². The molecule has 92 valence electrons. The normalized spacial score (nSPS) is 11.2. The van der Waals surface area contributed by atoms with E-state index in [1.54, 1.807) is 0 Å². The Morgan fingerprint density at radius 2 is 1.33 bits per heavy atom. The molecule has 0 spiro atoms. The number of nitrogens with zero attached hydrogens (tertiary/aromatic N) is 1. The second-order valence-corrected chi connectivity index (χ2v) is 5.26. The fourth-order valence-electron chi connectivity index (χ4n) is 1.77. The summed E-state index contributed by atoms with van der Waals surface area (Å²) < 4.78 is 0. The number of hydrogen-bond acceptors (Lipinski definition) is 1. The first-order valence-corrected chi connectivity index (χ1v) is 7.68. The molecule has 0 aliphatic heterocycles. The number of halogens is 1. The molecule has 0 fully saturated rings. The van der Waals surface area contributed by atoms with Crippen molar-refractivity contribution in [2.24, 2.45) is 0 Å². The third kappa shape index (κ3) is 12.4. The molecular formula is C13H28BrN. The molecule has 0 aliphatic carbocycles. The summed E-state index contributed by atoms with van der Waals surface area (Å²) >= 11 is 3.47. The van der Waals surface area contributed by atoms with Gasteiger partial charge in [0, 0.05) is 11.9 Å². The highest BCUT2D eigenvalue weighted by molar-refractivity contribution is 9.09. The van der Waals surface area contributed by atoms with Crippen LogP contribution < -0.4 is 0 Å². The second kappa shape index (κ2) is 12.5. The largest absolute Gasteiger partial charge is 0.306 e. The van der Waals surface area contributed by atoms with Crippen LogP contribution in [0.3, 0.4) is 0 Å². The predicted octanol–water partition coefficient (Wildman–Crippen LogP) is 4.45. The number of alkyl halides is 1. The molecule has 2 heteroatoms. The van der Waals surface area contributed by atoms with Crippen LogP contribution in [0.15, 0.2) is 0 Å². The number of rotatable bonds is 11. The highest BCUT2D eigenvalue weighted by Gasteiger charge is 1.96. The molecule has 0 saturated heterocycles. The van der Waals surface area contributed by atoms with E-state index in [9.17, 15) is 0 Å². The Morgan fingerprint density at radius 3 is 1.87 bits per heavy atom. The maximum absolute atomic E-state index is 3.47. The molecule has 0 saturated carbocycles. The average Bonchev–Trinajstić information content (AvgIpc) is 2.22. The Balaban J connectivity index is 2.98. The van der Waals surface area contributed by atoms with Crippen LogP contribution in [0.1, 0.15) is 58.3 Å². The SMILES string of the molecule is CCCCCCCCCCN(C)CCBr. The van der Waals surface area contributed by atoms with Crippen molar-refractivity contribution in [1.82, 2.24) is 4.90 Å². The fraction of sp³-hybridized carbons (Fsp3) is 1.00. The van der Waals surface area contributed by atoms with E-state index in [4.69, 9.17) is 0 Å². The Hall–Kier alpha value is 0.440. The minimum atomic E-state index is 1.10. The van der Waals surface area contributed by atoms with Gasteiger partial charge in [-0.1, -0.05) is 67.8 Å². The lowest BCUT2D eigenvalue weighted by molar-refractivity contribution is 0.344. The van der Waals surface area contributed by atoms with Gasteiger partial charge in [0.15, 0.2) is 0 Å². The highest BCUT2D eigenvalue weighted by atomic mass is 79.9. The highest BCUT2D eigenvalue weighted by Crippen LogP contribution is 2.08. The molecule has 0 amide bonds. The maximum atomic E-state index is 3.47. The van der Waals surface area contributed by atoms with E-state index in [2.05, 4.69) is 34.8 Å². The van der Waals surface area contributed by atoms with Crippen molar-refractivity contribution < 1.29 is 0 Å². The first kappa shape index (κ1) is 15.4. The van der Waals surface area contributed by atoms with E-state index < -0.39 is 0 Å². The van der Waals surface area contributed by atoms with Gasteiger partial charge >= 0.3 is 0 Å². The molecule has 0 aromatic carbocycles. The zero-order valence-corrected chi connectivity index (χ0v) is 12.2. The van der Waals surface area contributed by atoms with Gasteiger partial charge in [0.05, 0.1) is 0 Å². The quantitative estimate of drug-likeness (QED) is 0.398. The average molecular weight is 278 g/mol. The van der Waals surface area contributed by atoms with Crippen molar-refractivity contribution in [3.8, 4) is 0 Å². The van der Waals surface area contributed by atoms with Gasteiger partial charge in [-0.3, -0.25) is 0 Å². The Morgan fingerprint density at radius 1 is 0.800 bits per heavy atom. The lowest BCUT2D eigenvalue weighted by atomic mass is 10.1. The zero-order valence-electron chi connectivity index (χ0n) is 10.6. The molecule has 0 aromatic rings. The minimum Gasteiger partial charge on any atom is -0.306 e. The molecule has 0 bridgehead atoms. The predicted molar refractivity (Wildman–Crippen MR) is 73.9 cm³/mol. The van der Waals surface area contributed by atoms with E-state index in [1.165, 1.54) is 64.5 Å². The minimum absolute atomic E-state index is 1.10. The van der Waals surface area contributed by atoms with Crippen LogP contribution in [0.2, 0.25) is 0 Å². The van der Waals surface area contributed by atoms with Gasteiger partial charge in [0.2, 0.25) is 0 Å². The molecule has 0 rings (SSSR count). The maximum Gasteiger partial charge on any atom is 0.0159 e. The molecule has 0 aliphatic rings. The Bertz CT molecular complexity index is 117. The van der Waals surface area contributed by atoms with Crippen LogP contribution >= 0.6 is 15.9 Å². The van der Waals surface area contributed by atoms with Gasteiger partial charge in [-0.2, -0.15) is 0 Å². The zero-order chi connectivity index (χ0) is 11.4. The van der Waals surface area contributed by atoms with Gasteiger partial charge < -0.3 is 4.90 Å². The molecule has 1 nitrogen and oxygen atoms in total. The van der Waals surface area contributed by atoms with E-state index in [1.807, 2.05) is 0 Å². The summed E-state index contributed by atoms with van der Waals surface area (Å²) in [7, 11) is 2.21. The monoisotopic (exact) mass is 277 g/mol. The smallest absolute Gasteiger partial charge is 0.0159 e. The van der Waals surface area contributed by atoms with Crippen molar-refractivity contribution in [2.75, 3.05) is 25.5 Å². The van der Waals surface area contributed by atoms with Gasteiger partial charge in [-0.25, -0.2) is 0 Å². The van der Waals surface area contributed by atoms with Crippen molar-refractivity contribution in [2.45, 2.75) is 58.3 Å². The summed E-state index contributed by atoms with van der Waals surface area (Å²) in [6.45, 7) is 4.72. The Labute approximate surface area is 105 Å². The lowest BCUT2D eigenvalue weighted by Gasteiger charge is -2.14. The number of unbranched alkanes of at least 4 members (excludes halogenated alkanes) is 7. The number of hydrogen-bond donors (Lipinski definition) is 0. The standard InChI is InChI=1S/C13H28BrN/c1-3-4-5-6-7-8-9-10-12-15(2)13-11-14/h3-13H2,1-2H3. The molecule has 15 heavy (non-hydrogen) atoms. The summed E-state index contributed by atoms with van der Waals surface area (Å²) in [5.41, 5.74) is 0. The van der Waals surface area contributed by atoms with E-state index in [-0.39, 0.29) is 0 Å². The van der Waals surface area contributed by atoms with Crippen LogP contribution in [-0.4, -0.2) is 30.4 Å². The topological polar surface area (TPSA) is 3.24 Å². The van der Waals surface area contributed by atoms with Crippen molar-refractivity contribution >= 4 is 15.9 Å². The Kier molecular flexibility index (Phi) is 12.9. The summed E-state index contributed by atoms with van der Waals surface area (Å²) in [5, 5.41) is 1.10. The first-order valence-electron chi connectivity index (χ1n) is 6.55. The van der Waals surface area contributed by atoms with Crippen LogP contribution in [0.4, 0.5) is 0 Å². The molecule has 0 radical (unpaired) electrons.